The number of hydrogen-bond acceptors (Lipinski definition) is 8. The number of esters is 1. The Morgan fingerprint density at radius 1 is 1.02 bits per heavy atom. The lowest BCUT2D eigenvalue weighted by atomic mass is 9.77. The second-order valence-corrected chi connectivity index (χ2v) is 9.62. The number of nitrogens with one attached hydrogen (secondary N) is 1. The van der Waals surface area contributed by atoms with Crippen LogP contribution in [0.25, 0.3) is 0 Å². The molecule has 2 fully saturated rings. The molecular formula is C28H26F3N5O5. The van der Waals surface area contributed by atoms with Gasteiger partial charge in [-0.1, -0.05) is 42.5 Å². The number of amides is 2. The summed E-state index contributed by atoms with van der Waals surface area (Å²) >= 11 is 0. The summed E-state index contributed by atoms with van der Waals surface area (Å²) < 4.78 is 50.2. The Balaban J connectivity index is 1.35. The summed E-state index contributed by atoms with van der Waals surface area (Å²) in [7, 11) is 0. The molecule has 1 aliphatic carbocycles. The molecule has 0 spiro atoms. The lowest BCUT2D eigenvalue weighted by Crippen LogP contribution is -2.76. The lowest BCUT2D eigenvalue weighted by molar-refractivity contribution is -0.250. The third-order valence-corrected chi connectivity index (χ3v) is 7.13. The van der Waals surface area contributed by atoms with Gasteiger partial charge in [-0.25, -0.2) is 14.6 Å². The third kappa shape index (κ3) is 5.60. The molecule has 2 aliphatic rings. The number of fused-ring (bicyclic) bond motifs is 1. The molecule has 2 atom stereocenters. The molecule has 0 radical (unpaired) electrons. The summed E-state index contributed by atoms with van der Waals surface area (Å²) in [5, 5.41) is 2.70. The zero-order valence-electron chi connectivity index (χ0n) is 21.6. The Labute approximate surface area is 232 Å². The number of ether oxygens (including phenoxy) is 2. The number of carbonyl (C=O) groups is 3. The molecule has 3 aromatic rings. The number of nitrogen functional groups attached to an aromatic ring is 1. The highest BCUT2D eigenvalue weighted by atomic mass is 19.4. The van der Waals surface area contributed by atoms with E-state index in [1.807, 2.05) is 0 Å². The molecule has 2 heterocycles. The minimum absolute atomic E-state index is 0.0184. The predicted molar refractivity (Wildman–Crippen MR) is 142 cm³/mol. The largest absolute Gasteiger partial charge is 0.491 e. The van der Waals surface area contributed by atoms with Crippen molar-refractivity contribution in [1.29, 1.82) is 0 Å². The van der Waals surface area contributed by atoms with E-state index in [2.05, 4.69) is 10.3 Å². The minimum Gasteiger partial charge on any atom is -0.444 e. The predicted octanol–water partition coefficient (Wildman–Crippen LogP) is 4.34. The number of para-hydroxylation sites is 2. The van der Waals surface area contributed by atoms with Crippen molar-refractivity contribution in [2.75, 3.05) is 29.0 Å². The van der Waals surface area contributed by atoms with Crippen molar-refractivity contribution in [3.63, 3.8) is 0 Å². The zero-order valence-corrected chi connectivity index (χ0v) is 21.6. The number of aromatic nitrogens is 1. The van der Waals surface area contributed by atoms with E-state index in [-0.39, 0.29) is 31.7 Å². The molecule has 1 aromatic heterocycles. The van der Waals surface area contributed by atoms with Crippen LogP contribution < -0.4 is 16.0 Å². The fourth-order valence-corrected chi connectivity index (χ4v) is 4.99. The first-order chi connectivity index (χ1) is 19.6. The number of anilines is 3. The second-order valence-electron chi connectivity index (χ2n) is 9.62. The van der Waals surface area contributed by atoms with Crippen molar-refractivity contribution in [2.45, 2.75) is 37.4 Å². The number of halogens is 3. The molecule has 3 N–H and O–H groups in total. The van der Waals surface area contributed by atoms with E-state index in [1.54, 1.807) is 65.6 Å². The van der Waals surface area contributed by atoms with Crippen LogP contribution in [0.2, 0.25) is 0 Å². The molecule has 1 aliphatic heterocycles. The maximum absolute atomic E-state index is 13.3. The van der Waals surface area contributed by atoms with Gasteiger partial charge in [-0.15, -0.1) is 0 Å². The average molecular weight is 570 g/mol. The molecule has 0 bridgehead atoms. The van der Waals surface area contributed by atoms with Gasteiger partial charge >= 0.3 is 18.2 Å². The minimum atomic E-state index is -5.26. The van der Waals surface area contributed by atoms with Crippen LogP contribution in [-0.4, -0.2) is 58.9 Å². The number of alkyl halides is 3. The van der Waals surface area contributed by atoms with Crippen LogP contribution in [0, 0.1) is 0 Å². The topological polar surface area (TPSA) is 127 Å². The van der Waals surface area contributed by atoms with E-state index in [4.69, 9.17) is 15.2 Å². The summed E-state index contributed by atoms with van der Waals surface area (Å²) in [6.07, 6.45) is -4.52. The first-order valence-electron chi connectivity index (χ1n) is 12.8. The summed E-state index contributed by atoms with van der Waals surface area (Å²) in [6, 6.07) is 17.8. The normalized spacial score (nSPS) is 19.9. The lowest BCUT2D eigenvalue weighted by Gasteiger charge is -2.60. The van der Waals surface area contributed by atoms with Gasteiger partial charge in [-0.3, -0.25) is 9.69 Å². The Morgan fingerprint density at radius 2 is 1.76 bits per heavy atom. The highest BCUT2D eigenvalue weighted by Gasteiger charge is 2.63. The highest BCUT2D eigenvalue weighted by Crippen LogP contribution is 2.47. The number of pyridine rings is 1. The van der Waals surface area contributed by atoms with Crippen LogP contribution in [0.3, 0.4) is 0 Å². The Kier molecular flexibility index (Phi) is 7.43. The van der Waals surface area contributed by atoms with Crippen molar-refractivity contribution < 1.29 is 37.0 Å². The maximum atomic E-state index is 13.3. The van der Waals surface area contributed by atoms with Gasteiger partial charge in [0.1, 0.15) is 12.4 Å². The maximum Gasteiger partial charge on any atom is 0.491 e. The van der Waals surface area contributed by atoms with E-state index in [1.165, 1.54) is 12.3 Å². The van der Waals surface area contributed by atoms with Gasteiger partial charge < -0.3 is 25.4 Å². The smallest absolute Gasteiger partial charge is 0.444 e. The van der Waals surface area contributed by atoms with Gasteiger partial charge in [-0.05, 0) is 36.2 Å². The fraction of sp³-hybridized carbons (Fsp3) is 0.286. The van der Waals surface area contributed by atoms with Crippen LogP contribution in [-0.2, 0) is 20.9 Å². The monoisotopic (exact) mass is 569 g/mol. The molecule has 1 saturated heterocycles. The Hall–Kier alpha value is -4.81. The van der Waals surface area contributed by atoms with Crippen molar-refractivity contribution in [3.05, 3.63) is 84.1 Å². The van der Waals surface area contributed by atoms with Gasteiger partial charge in [-0.2, -0.15) is 13.2 Å². The number of nitrogens with two attached hydrogens (primary N) is 1. The first-order valence-corrected chi connectivity index (χ1v) is 12.8. The van der Waals surface area contributed by atoms with Crippen LogP contribution in [0.1, 0.15) is 28.8 Å². The molecule has 1 saturated carbocycles. The summed E-state index contributed by atoms with van der Waals surface area (Å²) in [6.45, 7) is -0.0183. The van der Waals surface area contributed by atoms with E-state index in [0.717, 1.165) is 4.90 Å². The second kappa shape index (κ2) is 11.0. The third-order valence-electron chi connectivity index (χ3n) is 7.13. The fourth-order valence-electron chi connectivity index (χ4n) is 4.99. The van der Waals surface area contributed by atoms with E-state index in [9.17, 15) is 27.6 Å². The van der Waals surface area contributed by atoms with E-state index >= 15 is 0 Å². The van der Waals surface area contributed by atoms with Crippen LogP contribution in [0.15, 0.2) is 72.9 Å². The summed E-state index contributed by atoms with van der Waals surface area (Å²) in [4.78, 5) is 44.8. The van der Waals surface area contributed by atoms with Crippen molar-refractivity contribution in [3.8, 4) is 0 Å². The average Bonchev–Trinajstić information content (AvgIpc) is 2.94. The van der Waals surface area contributed by atoms with Gasteiger partial charge in [0.2, 0.25) is 5.72 Å². The number of benzene rings is 2. The summed E-state index contributed by atoms with van der Waals surface area (Å²) in [5.41, 5.74) is 5.71. The SMILES string of the molecule is Nc1ccccc1NC(=O)c1ccc(N2CCN(C(=O)OCc3ccccc3)C3(OC(=O)C(F)(F)F)CCC23)nc1. The van der Waals surface area contributed by atoms with Gasteiger partial charge in [0.05, 0.1) is 23.0 Å². The number of carbonyl (C=O) groups excluding carboxylic acids is 3. The van der Waals surface area contributed by atoms with E-state index in [0.29, 0.717) is 29.2 Å². The standard InChI is InChI=1S/C28H26F3N5O5/c29-28(30,31)25(38)41-27-13-12-22(27)35(14-15-36(27)26(39)40-17-18-6-2-1-3-7-18)23-11-10-19(16-33-23)24(37)34-21-9-5-4-8-20(21)32/h1-11,16,22H,12-15,17,32H2,(H,34,37). The molecule has 2 unspecified atom stereocenters. The van der Waals surface area contributed by atoms with Crippen molar-refractivity contribution in [2.24, 2.45) is 0 Å². The highest BCUT2D eigenvalue weighted by molar-refractivity contribution is 6.05. The Bertz CT molecular complexity index is 1440. The summed E-state index contributed by atoms with van der Waals surface area (Å²) in [5.74, 6) is -2.51. The molecule has 2 aromatic carbocycles. The van der Waals surface area contributed by atoms with E-state index < -0.39 is 35.9 Å². The first kappa shape index (κ1) is 27.7. The molecule has 214 valence electrons. The van der Waals surface area contributed by atoms with Gasteiger partial charge in [0.25, 0.3) is 5.91 Å². The Morgan fingerprint density at radius 3 is 2.39 bits per heavy atom. The van der Waals surface area contributed by atoms with Crippen LogP contribution in [0.4, 0.5) is 35.2 Å². The molecule has 13 heteroatoms. The number of hydrogen-bond donors (Lipinski definition) is 2. The van der Waals surface area contributed by atoms with Gasteiger partial charge in [0, 0.05) is 25.7 Å². The molecule has 41 heavy (non-hydrogen) atoms. The van der Waals surface area contributed by atoms with Gasteiger partial charge in [0.15, 0.2) is 0 Å². The van der Waals surface area contributed by atoms with Crippen LogP contribution in [0.5, 0.6) is 0 Å². The molecule has 2 amide bonds. The number of piperazine rings is 1. The van der Waals surface area contributed by atoms with Crippen molar-refractivity contribution >= 4 is 35.2 Å². The number of nitrogens with zero attached hydrogens (tertiary/aromatic N) is 3. The van der Waals surface area contributed by atoms with Crippen molar-refractivity contribution in [1.82, 2.24) is 9.88 Å². The van der Waals surface area contributed by atoms with Crippen LogP contribution >= 0.6 is 0 Å². The molecular weight excluding hydrogens is 543 g/mol. The number of rotatable bonds is 6. The zero-order chi connectivity index (χ0) is 29.2. The quantitative estimate of drug-likeness (QED) is 0.332. The molecule has 10 nitrogen and oxygen atoms in total. The molecule has 5 rings (SSSR count).